The Morgan fingerprint density at radius 1 is 1.29 bits per heavy atom. The highest BCUT2D eigenvalue weighted by Crippen LogP contribution is 2.36. The molecular weight excluding hydrogens is 294 g/mol. The standard InChI is InChI=1S/C14H21NO5S/c1-4-7-14(16)9-15(10-14)21(17,18)13-6-5-11(19-2)8-12(13)20-3/h5-6,8,16H,4,7,9-10H2,1-3H3. The third-order valence-corrected chi connectivity index (χ3v) is 5.48. The molecule has 118 valence electrons. The van der Waals surface area contributed by atoms with E-state index in [9.17, 15) is 13.5 Å². The van der Waals surface area contributed by atoms with Crippen LogP contribution in [0.4, 0.5) is 0 Å². The molecule has 1 fully saturated rings. The van der Waals surface area contributed by atoms with Crippen molar-refractivity contribution in [3.8, 4) is 11.5 Å². The van der Waals surface area contributed by atoms with E-state index >= 15 is 0 Å². The van der Waals surface area contributed by atoms with E-state index in [2.05, 4.69) is 0 Å². The summed E-state index contributed by atoms with van der Waals surface area (Å²) >= 11 is 0. The minimum Gasteiger partial charge on any atom is -0.497 e. The van der Waals surface area contributed by atoms with Crippen LogP contribution in [0.5, 0.6) is 11.5 Å². The first-order valence-electron chi connectivity index (χ1n) is 6.81. The van der Waals surface area contributed by atoms with Gasteiger partial charge in [-0.05, 0) is 18.6 Å². The summed E-state index contributed by atoms with van der Waals surface area (Å²) in [7, 11) is -0.749. The van der Waals surface area contributed by atoms with E-state index < -0.39 is 15.6 Å². The zero-order chi connectivity index (χ0) is 15.7. The molecule has 0 radical (unpaired) electrons. The first kappa shape index (κ1) is 16.1. The average Bonchev–Trinajstić information content (AvgIpc) is 2.44. The number of benzene rings is 1. The number of sulfonamides is 1. The number of hydrogen-bond acceptors (Lipinski definition) is 5. The van der Waals surface area contributed by atoms with Gasteiger partial charge in [0.1, 0.15) is 16.4 Å². The van der Waals surface area contributed by atoms with E-state index in [0.29, 0.717) is 12.2 Å². The van der Waals surface area contributed by atoms with Gasteiger partial charge in [0.05, 0.1) is 19.8 Å². The summed E-state index contributed by atoms with van der Waals surface area (Å²) in [6.45, 7) is 2.21. The molecular formula is C14H21NO5S. The number of methoxy groups -OCH3 is 2. The molecule has 0 aromatic heterocycles. The van der Waals surface area contributed by atoms with Gasteiger partial charge in [0.15, 0.2) is 0 Å². The maximum Gasteiger partial charge on any atom is 0.246 e. The molecule has 1 N–H and O–H groups in total. The molecule has 0 atom stereocenters. The van der Waals surface area contributed by atoms with Crippen LogP contribution in [0, 0.1) is 0 Å². The van der Waals surface area contributed by atoms with Crippen molar-refractivity contribution in [1.82, 2.24) is 4.31 Å². The Morgan fingerprint density at radius 3 is 2.48 bits per heavy atom. The maximum absolute atomic E-state index is 12.6. The van der Waals surface area contributed by atoms with Gasteiger partial charge >= 0.3 is 0 Å². The summed E-state index contributed by atoms with van der Waals surface area (Å²) < 4.78 is 36.6. The molecule has 1 aliphatic heterocycles. The molecule has 1 aromatic carbocycles. The second-order valence-electron chi connectivity index (χ2n) is 5.26. The molecule has 1 aliphatic rings. The predicted octanol–water partition coefficient (Wildman–Crippen LogP) is 1.24. The van der Waals surface area contributed by atoms with Gasteiger partial charge in [0.2, 0.25) is 10.0 Å². The van der Waals surface area contributed by atoms with Crippen molar-refractivity contribution in [2.45, 2.75) is 30.3 Å². The lowest BCUT2D eigenvalue weighted by atomic mass is 9.92. The van der Waals surface area contributed by atoms with E-state index in [0.717, 1.165) is 6.42 Å². The Balaban J connectivity index is 2.25. The number of nitrogens with zero attached hydrogens (tertiary/aromatic N) is 1. The van der Waals surface area contributed by atoms with Crippen LogP contribution < -0.4 is 9.47 Å². The highest BCUT2D eigenvalue weighted by Gasteiger charge is 2.47. The number of hydrogen-bond donors (Lipinski definition) is 1. The molecule has 6 nitrogen and oxygen atoms in total. The molecule has 0 unspecified atom stereocenters. The van der Waals surface area contributed by atoms with E-state index in [1.807, 2.05) is 6.92 Å². The zero-order valence-electron chi connectivity index (χ0n) is 12.5. The molecule has 2 rings (SSSR count). The largest absolute Gasteiger partial charge is 0.497 e. The third kappa shape index (κ3) is 3.00. The number of rotatable bonds is 6. The number of ether oxygens (including phenoxy) is 2. The molecule has 7 heteroatoms. The Hall–Kier alpha value is -1.31. The quantitative estimate of drug-likeness (QED) is 0.855. The number of aliphatic hydroxyl groups is 1. The van der Waals surface area contributed by atoms with Crippen LogP contribution in [0.1, 0.15) is 19.8 Å². The summed E-state index contributed by atoms with van der Waals surface area (Å²) in [6.07, 6.45) is 1.41. The van der Waals surface area contributed by atoms with Gasteiger partial charge < -0.3 is 14.6 Å². The lowest BCUT2D eigenvalue weighted by Crippen LogP contribution is -2.63. The fourth-order valence-corrected chi connectivity index (χ4v) is 4.27. The van der Waals surface area contributed by atoms with Gasteiger partial charge in [0, 0.05) is 19.2 Å². The van der Waals surface area contributed by atoms with Gasteiger partial charge in [0.25, 0.3) is 0 Å². The minimum atomic E-state index is -3.67. The SMILES string of the molecule is CCCC1(O)CN(S(=O)(=O)c2ccc(OC)cc2OC)C1. The van der Waals surface area contributed by atoms with E-state index in [-0.39, 0.29) is 23.7 Å². The monoisotopic (exact) mass is 315 g/mol. The van der Waals surface area contributed by atoms with Crippen molar-refractivity contribution in [3.63, 3.8) is 0 Å². The van der Waals surface area contributed by atoms with Crippen molar-refractivity contribution < 1.29 is 23.0 Å². The minimum absolute atomic E-state index is 0.0874. The summed E-state index contributed by atoms with van der Waals surface area (Å²) in [4.78, 5) is 0.0874. The lowest BCUT2D eigenvalue weighted by Gasteiger charge is -2.45. The molecule has 0 bridgehead atoms. The summed E-state index contributed by atoms with van der Waals surface area (Å²) in [6, 6.07) is 4.57. The van der Waals surface area contributed by atoms with E-state index in [1.165, 1.54) is 30.7 Å². The van der Waals surface area contributed by atoms with Crippen LogP contribution in [0.2, 0.25) is 0 Å². The summed E-state index contributed by atoms with van der Waals surface area (Å²) in [5.74, 6) is 0.761. The van der Waals surface area contributed by atoms with Gasteiger partial charge in [-0.3, -0.25) is 0 Å². The Morgan fingerprint density at radius 2 is 1.95 bits per heavy atom. The predicted molar refractivity (Wildman–Crippen MR) is 78.2 cm³/mol. The Kier molecular flexibility index (Phi) is 4.46. The van der Waals surface area contributed by atoms with Crippen molar-refractivity contribution >= 4 is 10.0 Å². The van der Waals surface area contributed by atoms with Crippen molar-refractivity contribution in [2.24, 2.45) is 0 Å². The van der Waals surface area contributed by atoms with Crippen LogP contribution in [0.25, 0.3) is 0 Å². The molecule has 0 aliphatic carbocycles. The maximum atomic E-state index is 12.6. The first-order chi connectivity index (χ1) is 9.86. The number of β-amino-alcohol motifs (C(OH)–C–C–N with tert-alkyl or cyclic N) is 1. The van der Waals surface area contributed by atoms with Gasteiger partial charge in [-0.2, -0.15) is 4.31 Å². The molecule has 21 heavy (non-hydrogen) atoms. The van der Waals surface area contributed by atoms with Gasteiger partial charge in [-0.15, -0.1) is 0 Å². The second-order valence-corrected chi connectivity index (χ2v) is 7.17. The Bertz CT molecular complexity index is 608. The second kappa shape index (κ2) is 5.82. The van der Waals surface area contributed by atoms with Gasteiger partial charge in [-0.1, -0.05) is 13.3 Å². The fourth-order valence-electron chi connectivity index (χ4n) is 2.53. The van der Waals surface area contributed by atoms with Crippen LogP contribution in [0.15, 0.2) is 23.1 Å². The summed E-state index contributed by atoms with van der Waals surface area (Å²) in [5, 5.41) is 10.1. The fraction of sp³-hybridized carbons (Fsp3) is 0.571. The highest BCUT2D eigenvalue weighted by atomic mass is 32.2. The molecule has 1 saturated heterocycles. The van der Waals surface area contributed by atoms with Crippen molar-refractivity contribution in [1.29, 1.82) is 0 Å². The first-order valence-corrected chi connectivity index (χ1v) is 8.25. The molecule has 0 spiro atoms. The van der Waals surface area contributed by atoms with Gasteiger partial charge in [-0.25, -0.2) is 8.42 Å². The lowest BCUT2D eigenvalue weighted by molar-refractivity contribution is -0.0653. The molecule has 0 saturated carbocycles. The third-order valence-electron chi connectivity index (χ3n) is 3.65. The van der Waals surface area contributed by atoms with Crippen LogP contribution in [-0.2, 0) is 10.0 Å². The molecule has 0 amide bonds. The normalized spacial score (nSPS) is 18.1. The van der Waals surface area contributed by atoms with Crippen LogP contribution >= 0.6 is 0 Å². The van der Waals surface area contributed by atoms with Crippen LogP contribution in [0.3, 0.4) is 0 Å². The van der Waals surface area contributed by atoms with Crippen LogP contribution in [-0.4, -0.2) is 50.7 Å². The average molecular weight is 315 g/mol. The zero-order valence-corrected chi connectivity index (χ0v) is 13.3. The van der Waals surface area contributed by atoms with E-state index in [1.54, 1.807) is 6.07 Å². The highest BCUT2D eigenvalue weighted by molar-refractivity contribution is 7.89. The van der Waals surface area contributed by atoms with E-state index in [4.69, 9.17) is 9.47 Å². The topological polar surface area (TPSA) is 76.1 Å². The molecule has 1 heterocycles. The smallest absolute Gasteiger partial charge is 0.246 e. The Labute approximate surface area is 125 Å². The van der Waals surface area contributed by atoms with Crippen molar-refractivity contribution in [2.75, 3.05) is 27.3 Å². The summed E-state index contributed by atoms with van der Waals surface area (Å²) in [5.41, 5.74) is -0.901. The van der Waals surface area contributed by atoms with Crippen molar-refractivity contribution in [3.05, 3.63) is 18.2 Å². The molecule has 1 aromatic rings.